The van der Waals surface area contributed by atoms with Gasteiger partial charge in [0, 0.05) is 12.1 Å². The highest BCUT2D eigenvalue weighted by molar-refractivity contribution is 5.75. The van der Waals surface area contributed by atoms with Crippen molar-refractivity contribution in [3.8, 4) is 5.75 Å². The lowest BCUT2D eigenvalue weighted by Crippen LogP contribution is -2.30. The number of hydrogen-bond acceptors (Lipinski definition) is 4. The monoisotopic (exact) mass is 283 g/mol. The first-order valence-corrected chi connectivity index (χ1v) is 6.89. The molecule has 4 nitrogen and oxygen atoms in total. The molecule has 0 spiro atoms. The number of carbonyl (C=O) groups is 1. The molecular formula is C15H22FNO3. The number of halogens is 1. The van der Waals surface area contributed by atoms with Crippen LogP contribution >= 0.6 is 0 Å². The van der Waals surface area contributed by atoms with Crippen LogP contribution in [0.25, 0.3) is 0 Å². The lowest BCUT2D eigenvalue weighted by atomic mass is 10.1. The van der Waals surface area contributed by atoms with E-state index in [1.54, 1.807) is 26.1 Å². The molecule has 0 bridgehead atoms. The molecular weight excluding hydrogens is 261 g/mol. The van der Waals surface area contributed by atoms with Crippen molar-refractivity contribution in [2.75, 3.05) is 13.7 Å². The Balaban J connectivity index is 2.94. The van der Waals surface area contributed by atoms with Crippen molar-refractivity contribution in [2.45, 2.75) is 39.3 Å². The van der Waals surface area contributed by atoms with Crippen molar-refractivity contribution in [3.05, 3.63) is 29.6 Å². The normalized spacial score (nSPS) is 12.0. The van der Waals surface area contributed by atoms with E-state index in [-0.39, 0.29) is 12.4 Å². The summed E-state index contributed by atoms with van der Waals surface area (Å²) in [6.45, 7) is 4.42. The third-order valence-corrected chi connectivity index (χ3v) is 2.78. The lowest BCUT2D eigenvalue weighted by molar-refractivity contribution is -0.151. The number of rotatable bonds is 8. The molecule has 1 rings (SSSR count). The number of hydrogen-bond donors (Lipinski definition) is 1. The maximum atomic E-state index is 13.9. The summed E-state index contributed by atoms with van der Waals surface area (Å²) >= 11 is 0. The largest absolute Gasteiger partial charge is 0.475 e. The Labute approximate surface area is 119 Å². The fraction of sp³-hybridized carbons (Fsp3) is 0.533. The first-order valence-electron chi connectivity index (χ1n) is 6.89. The fourth-order valence-corrected chi connectivity index (χ4v) is 1.88. The highest BCUT2D eigenvalue weighted by atomic mass is 19.1. The van der Waals surface area contributed by atoms with Crippen LogP contribution < -0.4 is 10.1 Å². The summed E-state index contributed by atoms with van der Waals surface area (Å²) in [7, 11) is 1.77. The van der Waals surface area contributed by atoms with E-state index in [4.69, 9.17) is 9.47 Å². The fourth-order valence-electron chi connectivity index (χ4n) is 1.88. The van der Waals surface area contributed by atoms with Gasteiger partial charge in [-0.2, -0.15) is 0 Å². The number of carbonyl (C=O) groups excluding carboxylic acids is 1. The molecule has 0 heterocycles. The molecule has 1 aromatic rings. The minimum absolute atomic E-state index is 0.119. The smallest absolute Gasteiger partial charge is 0.347 e. The van der Waals surface area contributed by atoms with Crippen LogP contribution in [0.2, 0.25) is 0 Å². The zero-order valence-electron chi connectivity index (χ0n) is 12.2. The van der Waals surface area contributed by atoms with Crippen LogP contribution in [-0.2, 0) is 16.1 Å². The third-order valence-electron chi connectivity index (χ3n) is 2.78. The Hall–Kier alpha value is -1.62. The lowest BCUT2D eigenvalue weighted by Gasteiger charge is -2.19. The molecule has 0 fully saturated rings. The van der Waals surface area contributed by atoms with Gasteiger partial charge in [0.25, 0.3) is 0 Å². The Bertz CT molecular complexity index is 437. The molecule has 0 amide bonds. The van der Waals surface area contributed by atoms with E-state index in [0.29, 0.717) is 18.5 Å². The number of benzene rings is 1. The van der Waals surface area contributed by atoms with Gasteiger partial charge in [-0.05, 0) is 26.5 Å². The first-order chi connectivity index (χ1) is 9.63. The zero-order valence-corrected chi connectivity index (χ0v) is 12.2. The van der Waals surface area contributed by atoms with Gasteiger partial charge in [-0.1, -0.05) is 25.5 Å². The topological polar surface area (TPSA) is 47.6 Å². The van der Waals surface area contributed by atoms with Gasteiger partial charge in [0.15, 0.2) is 17.7 Å². The standard InChI is InChI=1S/C15H22FNO3/c1-4-7-13(15(18)19-5-2)20-14-11(10-17-3)8-6-9-12(14)16/h6,8-9,13,17H,4-5,7,10H2,1-3H3. The van der Waals surface area contributed by atoms with Gasteiger partial charge in [-0.15, -0.1) is 0 Å². The molecule has 1 N–H and O–H groups in total. The summed E-state index contributed by atoms with van der Waals surface area (Å²) in [6, 6.07) is 4.71. The summed E-state index contributed by atoms with van der Waals surface area (Å²) in [5.41, 5.74) is 0.679. The quantitative estimate of drug-likeness (QED) is 0.745. The molecule has 20 heavy (non-hydrogen) atoms. The second-order valence-electron chi connectivity index (χ2n) is 4.41. The molecule has 1 atom stereocenters. The molecule has 0 aliphatic rings. The molecule has 112 valence electrons. The van der Waals surface area contributed by atoms with Gasteiger partial charge in [0.05, 0.1) is 6.61 Å². The number of esters is 1. The van der Waals surface area contributed by atoms with Crippen LogP contribution in [-0.4, -0.2) is 25.7 Å². The summed E-state index contributed by atoms with van der Waals surface area (Å²) < 4.78 is 24.5. The van der Waals surface area contributed by atoms with E-state index in [2.05, 4.69) is 5.32 Å². The Morgan fingerprint density at radius 3 is 2.75 bits per heavy atom. The molecule has 1 aromatic carbocycles. The molecule has 0 aromatic heterocycles. The first kappa shape index (κ1) is 16.4. The van der Waals surface area contributed by atoms with Crippen molar-refractivity contribution in [3.63, 3.8) is 0 Å². The van der Waals surface area contributed by atoms with Crippen molar-refractivity contribution in [1.29, 1.82) is 0 Å². The molecule has 0 saturated heterocycles. The van der Waals surface area contributed by atoms with Gasteiger partial charge < -0.3 is 14.8 Å². The molecule has 0 radical (unpaired) electrons. The van der Waals surface area contributed by atoms with E-state index in [1.165, 1.54) is 6.07 Å². The van der Waals surface area contributed by atoms with E-state index in [9.17, 15) is 9.18 Å². The van der Waals surface area contributed by atoms with E-state index in [0.717, 1.165) is 6.42 Å². The number of nitrogens with one attached hydrogen (secondary N) is 1. The number of para-hydroxylation sites is 1. The zero-order chi connectivity index (χ0) is 15.0. The highest BCUT2D eigenvalue weighted by Gasteiger charge is 2.23. The van der Waals surface area contributed by atoms with E-state index in [1.807, 2.05) is 6.92 Å². The average molecular weight is 283 g/mol. The predicted molar refractivity (Wildman–Crippen MR) is 75.1 cm³/mol. The molecule has 5 heteroatoms. The van der Waals surface area contributed by atoms with Crippen molar-refractivity contribution in [1.82, 2.24) is 5.32 Å². The van der Waals surface area contributed by atoms with Crippen LogP contribution in [0.15, 0.2) is 18.2 Å². The number of ether oxygens (including phenoxy) is 2. The van der Waals surface area contributed by atoms with Gasteiger partial charge in [0.1, 0.15) is 0 Å². The third kappa shape index (κ3) is 4.49. The minimum Gasteiger partial charge on any atom is -0.475 e. The van der Waals surface area contributed by atoms with Crippen LogP contribution in [0.4, 0.5) is 4.39 Å². The van der Waals surface area contributed by atoms with Gasteiger partial charge in [0.2, 0.25) is 0 Å². The maximum Gasteiger partial charge on any atom is 0.347 e. The summed E-state index contributed by atoms with van der Waals surface area (Å²) in [5, 5.41) is 2.95. The van der Waals surface area contributed by atoms with Crippen molar-refractivity contribution >= 4 is 5.97 Å². The highest BCUT2D eigenvalue weighted by Crippen LogP contribution is 2.25. The predicted octanol–water partition coefficient (Wildman–Crippen LogP) is 2.66. The molecule has 0 aliphatic heterocycles. The van der Waals surface area contributed by atoms with Gasteiger partial charge >= 0.3 is 5.97 Å². The van der Waals surface area contributed by atoms with Crippen LogP contribution in [0.5, 0.6) is 5.75 Å². The summed E-state index contributed by atoms with van der Waals surface area (Å²) in [4.78, 5) is 11.8. The van der Waals surface area contributed by atoms with Gasteiger partial charge in [-0.25, -0.2) is 9.18 Å². The SMILES string of the molecule is CCCC(Oc1c(F)cccc1CNC)C(=O)OCC. The molecule has 1 unspecified atom stereocenters. The average Bonchev–Trinajstić information content (AvgIpc) is 2.42. The Morgan fingerprint density at radius 2 is 2.15 bits per heavy atom. The maximum absolute atomic E-state index is 13.9. The van der Waals surface area contributed by atoms with E-state index >= 15 is 0 Å². The van der Waals surface area contributed by atoms with Crippen LogP contribution in [0.1, 0.15) is 32.3 Å². The summed E-state index contributed by atoms with van der Waals surface area (Å²) in [5.74, 6) is -0.801. The molecule has 0 aliphatic carbocycles. The van der Waals surface area contributed by atoms with Crippen molar-refractivity contribution in [2.24, 2.45) is 0 Å². The second kappa shape index (κ2) is 8.53. The van der Waals surface area contributed by atoms with Crippen LogP contribution in [0, 0.1) is 5.82 Å². The Morgan fingerprint density at radius 1 is 1.40 bits per heavy atom. The minimum atomic E-state index is -0.771. The second-order valence-corrected chi connectivity index (χ2v) is 4.41. The summed E-state index contributed by atoms with van der Waals surface area (Å²) in [6.07, 6.45) is 0.471. The van der Waals surface area contributed by atoms with Crippen molar-refractivity contribution < 1.29 is 18.7 Å². The Kier molecular flexibility index (Phi) is 7.01. The molecule has 0 saturated carbocycles. The van der Waals surface area contributed by atoms with Gasteiger partial charge in [-0.3, -0.25) is 0 Å². The van der Waals surface area contributed by atoms with Crippen LogP contribution in [0.3, 0.4) is 0 Å². The van der Waals surface area contributed by atoms with E-state index < -0.39 is 17.9 Å².